The molecule has 0 amide bonds. The lowest BCUT2D eigenvalue weighted by molar-refractivity contribution is -0.274. The van der Waals surface area contributed by atoms with Crippen LogP contribution in [0, 0.1) is 5.82 Å². The Morgan fingerprint density at radius 1 is 1.42 bits per heavy atom. The molecule has 0 saturated heterocycles. The van der Waals surface area contributed by atoms with Gasteiger partial charge in [0.2, 0.25) is 5.13 Å². The number of carbonyl (C=O) groups is 1. The second-order valence-electron chi connectivity index (χ2n) is 4.73. The molecule has 2 rings (SSSR count). The zero-order valence-corrected chi connectivity index (χ0v) is 14.2. The fourth-order valence-corrected chi connectivity index (χ4v) is 2.43. The Morgan fingerprint density at radius 2 is 2.19 bits per heavy atom. The van der Waals surface area contributed by atoms with Gasteiger partial charge in [-0.2, -0.15) is 5.10 Å². The van der Waals surface area contributed by atoms with Crippen molar-refractivity contribution in [2.24, 2.45) is 5.10 Å². The minimum Gasteiger partial charge on any atom is -0.466 e. The molecule has 0 aliphatic rings. The van der Waals surface area contributed by atoms with Crippen LogP contribution in [0.3, 0.4) is 0 Å². The number of alkyl halides is 3. The van der Waals surface area contributed by atoms with Crippen LogP contribution in [0.25, 0.3) is 0 Å². The number of nitrogens with one attached hydrogen (secondary N) is 1. The van der Waals surface area contributed by atoms with Crippen molar-refractivity contribution >= 4 is 28.7 Å². The normalized spacial score (nSPS) is 11.6. The van der Waals surface area contributed by atoms with E-state index in [1.807, 2.05) is 0 Å². The maximum absolute atomic E-state index is 13.7. The highest BCUT2D eigenvalue weighted by Gasteiger charge is 2.31. The van der Waals surface area contributed by atoms with Crippen LogP contribution in [0.5, 0.6) is 5.75 Å². The first-order chi connectivity index (χ1) is 12.3. The van der Waals surface area contributed by atoms with E-state index < -0.39 is 23.9 Å². The molecule has 140 valence electrons. The lowest BCUT2D eigenvalue weighted by atomic mass is 10.2. The average molecular weight is 391 g/mol. The van der Waals surface area contributed by atoms with E-state index in [4.69, 9.17) is 4.74 Å². The molecule has 0 spiro atoms. The van der Waals surface area contributed by atoms with Gasteiger partial charge in [0.1, 0.15) is 11.6 Å². The first-order valence-electron chi connectivity index (χ1n) is 7.21. The number of rotatable bonds is 7. The Kier molecular flexibility index (Phi) is 6.50. The minimum absolute atomic E-state index is 0.0189. The van der Waals surface area contributed by atoms with Crippen molar-refractivity contribution in [3.8, 4) is 5.75 Å². The number of hydrazone groups is 1. The van der Waals surface area contributed by atoms with Gasteiger partial charge in [-0.1, -0.05) is 0 Å². The molecular weight excluding hydrogens is 378 g/mol. The van der Waals surface area contributed by atoms with E-state index >= 15 is 0 Å². The third-order valence-electron chi connectivity index (χ3n) is 2.75. The Hall–Kier alpha value is -2.69. The summed E-state index contributed by atoms with van der Waals surface area (Å²) in [6.45, 7) is 1.97. The molecule has 1 aromatic carbocycles. The van der Waals surface area contributed by atoms with E-state index in [1.54, 1.807) is 12.3 Å². The van der Waals surface area contributed by atoms with Crippen molar-refractivity contribution in [1.82, 2.24) is 4.98 Å². The zero-order chi connectivity index (χ0) is 19.2. The van der Waals surface area contributed by atoms with Crippen molar-refractivity contribution in [3.05, 3.63) is 40.7 Å². The number of ether oxygens (including phenoxy) is 2. The molecule has 26 heavy (non-hydrogen) atoms. The highest BCUT2D eigenvalue weighted by Crippen LogP contribution is 2.24. The number of thiazole rings is 1. The van der Waals surface area contributed by atoms with Gasteiger partial charge in [-0.3, -0.25) is 10.2 Å². The molecule has 2 aromatic rings. The van der Waals surface area contributed by atoms with Gasteiger partial charge in [0, 0.05) is 17.0 Å². The summed E-state index contributed by atoms with van der Waals surface area (Å²) < 4.78 is 58.4. The van der Waals surface area contributed by atoms with Gasteiger partial charge in [-0.25, -0.2) is 9.37 Å². The molecule has 0 atom stereocenters. The number of benzene rings is 1. The van der Waals surface area contributed by atoms with Crippen LogP contribution < -0.4 is 10.2 Å². The van der Waals surface area contributed by atoms with Gasteiger partial charge in [-0.15, -0.1) is 24.5 Å². The van der Waals surface area contributed by atoms with Crippen LogP contribution in [0.4, 0.5) is 22.7 Å². The van der Waals surface area contributed by atoms with Crippen LogP contribution >= 0.6 is 11.3 Å². The molecule has 0 fully saturated rings. The summed E-state index contributed by atoms with van der Waals surface area (Å²) in [5.74, 6) is -2.00. The van der Waals surface area contributed by atoms with Crippen molar-refractivity contribution in [2.45, 2.75) is 19.7 Å². The summed E-state index contributed by atoms with van der Waals surface area (Å²) in [7, 11) is 0. The van der Waals surface area contributed by atoms with Crippen LogP contribution in [-0.4, -0.2) is 30.1 Å². The molecule has 0 saturated carbocycles. The Morgan fingerprint density at radius 3 is 2.85 bits per heavy atom. The molecule has 1 N–H and O–H groups in total. The maximum Gasteiger partial charge on any atom is 0.573 e. The van der Waals surface area contributed by atoms with Crippen LogP contribution in [-0.2, 0) is 16.0 Å². The van der Waals surface area contributed by atoms with E-state index in [9.17, 15) is 22.4 Å². The van der Waals surface area contributed by atoms with Crippen LogP contribution in [0.15, 0.2) is 28.7 Å². The zero-order valence-electron chi connectivity index (χ0n) is 13.3. The highest BCUT2D eigenvalue weighted by atomic mass is 32.1. The first kappa shape index (κ1) is 19.6. The summed E-state index contributed by atoms with van der Waals surface area (Å²) >= 11 is 1.18. The summed E-state index contributed by atoms with van der Waals surface area (Å²) in [5, 5.41) is 5.76. The maximum atomic E-state index is 13.7. The summed E-state index contributed by atoms with van der Waals surface area (Å²) in [4.78, 5) is 15.4. The predicted molar refractivity (Wildman–Crippen MR) is 86.8 cm³/mol. The topological polar surface area (TPSA) is 72.8 Å². The summed E-state index contributed by atoms with van der Waals surface area (Å²) in [5.41, 5.74) is 2.99. The second-order valence-corrected chi connectivity index (χ2v) is 5.59. The number of esters is 1. The van der Waals surface area contributed by atoms with Crippen molar-refractivity contribution in [2.75, 3.05) is 12.0 Å². The number of hydrogen-bond acceptors (Lipinski definition) is 7. The molecule has 1 aromatic heterocycles. The average Bonchev–Trinajstić information content (AvgIpc) is 2.95. The smallest absolute Gasteiger partial charge is 0.466 e. The van der Waals surface area contributed by atoms with Gasteiger partial charge < -0.3 is 9.47 Å². The Labute approximate surface area is 149 Å². The van der Waals surface area contributed by atoms with E-state index in [-0.39, 0.29) is 18.6 Å². The molecule has 0 unspecified atom stereocenters. The SMILES string of the molecule is CCOC(=O)Cc1csc(NN=Cc2ccc(OC(F)(F)F)cc2F)n1. The number of halogens is 4. The van der Waals surface area contributed by atoms with Gasteiger partial charge in [0.25, 0.3) is 0 Å². The number of hydrogen-bond donors (Lipinski definition) is 1. The second kappa shape index (κ2) is 8.61. The molecule has 11 heteroatoms. The Bertz CT molecular complexity index is 793. The molecule has 0 aliphatic carbocycles. The van der Waals surface area contributed by atoms with E-state index in [2.05, 4.69) is 20.2 Å². The molecule has 0 radical (unpaired) electrons. The van der Waals surface area contributed by atoms with Gasteiger partial charge in [0.05, 0.1) is 24.9 Å². The van der Waals surface area contributed by atoms with E-state index in [0.717, 1.165) is 18.3 Å². The molecule has 6 nitrogen and oxygen atoms in total. The Balaban J connectivity index is 1.94. The fourth-order valence-electron chi connectivity index (χ4n) is 1.77. The van der Waals surface area contributed by atoms with E-state index in [0.29, 0.717) is 16.9 Å². The van der Waals surface area contributed by atoms with Gasteiger partial charge >= 0.3 is 12.3 Å². The molecule has 0 aliphatic heterocycles. The largest absolute Gasteiger partial charge is 0.573 e. The number of anilines is 1. The van der Waals surface area contributed by atoms with Gasteiger partial charge in [0.15, 0.2) is 0 Å². The highest BCUT2D eigenvalue weighted by molar-refractivity contribution is 7.13. The van der Waals surface area contributed by atoms with E-state index in [1.165, 1.54) is 11.3 Å². The summed E-state index contributed by atoms with van der Waals surface area (Å²) in [6, 6.07) is 2.67. The molecule has 1 heterocycles. The lowest BCUT2D eigenvalue weighted by Gasteiger charge is -2.08. The van der Waals surface area contributed by atoms with Crippen molar-refractivity contribution in [3.63, 3.8) is 0 Å². The van der Waals surface area contributed by atoms with Crippen molar-refractivity contribution < 1.29 is 31.8 Å². The predicted octanol–water partition coefficient (Wildman–Crippen LogP) is 3.73. The molecular formula is C15H13F4N3O3S. The first-order valence-corrected chi connectivity index (χ1v) is 8.09. The minimum atomic E-state index is -4.89. The number of nitrogens with zero attached hydrogens (tertiary/aromatic N) is 2. The van der Waals surface area contributed by atoms with Crippen LogP contribution in [0.2, 0.25) is 0 Å². The van der Waals surface area contributed by atoms with Crippen molar-refractivity contribution in [1.29, 1.82) is 0 Å². The van der Waals surface area contributed by atoms with Gasteiger partial charge in [-0.05, 0) is 19.1 Å². The lowest BCUT2D eigenvalue weighted by Crippen LogP contribution is -2.17. The third-order valence-corrected chi connectivity index (χ3v) is 3.55. The standard InChI is InChI=1S/C15H13F4N3O3S/c1-2-24-13(23)5-10-8-26-14(21-10)22-20-7-9-3-4-11(6-12(9)16)25-15(17,18)19/h3-4,6-8H,2,5H2,1H3,(H,21,22). The quantitative estimate of drug-likeness (QED) is 0.337. The fraction of sp³-hybridized carbons (Fsp3) is 0.267. The molecule has 0 bridgehead atoms. The number of aromatic nitrogens is 1. The monoisotopic (exact) mass is 391 g/mol. The third kappa shape index (κ3) is 6.31. The summed E-state index contributed by atoms with van der Waals surface area (Å²) in [6.07, 6.45) is -3.79. The number of carbonyl (C=O) groups excluding carboxylic acids is 1. The van der Waals surface area contributed by atoms with Crippen LogP contribution in [0.1, 0.15) is 18.2 Å².